The summed E-state index contributed by atoms with van der Waals surface area (Å²) in [6, 6.07) is 0.392. The van der Waals surface area contributed by atoms with Crippen LogP contribution in [-0.2, 0) is 4.79 Å². The third-order valence-corrected chi connectivity index (χ3v) is 5.35. The molecule has 0 aliphatic carbocycles. The van der Waals surface area contributed by atoms with Gasteiger partial charge in [-0.25, -0.2) is 0 Å². The molecule has 23 heavy (non-hydrogen) atoms. The van der Waals surface area contributed by atoms with Gasteiger partial charge in [-0.15, -0.1) is 0 Å². The van der Waals surface area contributed by atoms with Crippen molar-refractivity contribution in [2.75, 3.05) is 46.3 Å². The third kappa shape index (κ3) is 3.87. The van der Waals surface area contributed by atoms with E-state index in [1.165, 1.54) is 25.9 Å². The molecule has 7 heteroatoms. The number of amides is 1. The number of hydrogen-bond acceptors (Lipinski definition) is 4. The van der Waals surface area contributed by atoms with Crippen LogP contribution in [0, 0.1) is 0 Å². The van der Waals surface area contributed by atoms with Crippen molar-refractivity contribution in [2.45, 2.75) is 31.8 Å². The summed E-state index contributed by atoms with van der Waals surface area (Å²) in [5.74, 6) is 0.132. The standard InChI is InChI=1S/C16H26ClN5O/c1-13(22-12-14(17)11-18-22)16(23)21-9-7-20(8-10-21)15-3-5-19(2)6-4-15/h11-13,15H,3-10H2,1-2H3/t13-/m0/s1. The molecule has 3 rings (SSSR count). The van der Waals surface area contributed by atoms with Crippen LogP contribution in [0.3, 0.4) is 0 Å². The fourth-order valence-electron chi connectivity index (χ4n) is 3.57. The normalized spacial score (nSPS) is 23.2. The van der Waals surface area contributed by atoms with Gasteiger partial charge in [0.2, 0.25) is 5.91 Å². The number of likely N-dealkylation sites (tertiary alicyclic amines) is 1. The first-order chi connectivity index (χ1) is 11.0. The van der Waals surface area contributed by atoms with Gasteiger partial charge in [-0.05, 0) is 39.9 Å². The summed E-state index contributed by atoms with van der Waals surface area (Å²) in [4.78, 5) is 19.6. The van der Waals surface area contributed by atoms with Crippen LogP contribution in [0.5, 0.6) is 0 Å². The van der Waals surface area contributed by atoms with E-state index in [0.29, 0.717) is 11.1 Å². The molecule has 3 heterocycles. The number of halogens is 1. The first-order valence-electron chi connectivity index (χ1n) is 8.45. The van der Waals surface area contributed by atoms with E-state index >= 15 is 0 Å². The van der Waals surface area contributed by atoms with E-state index < -0.39 is 0 Å². The number of carbonyl (C=O) groups excluding carboxylic acids is 1. The van der Waals surface area contributed by atoms with Gasteiger partial charge in [0, 0.05) is 38.4 Å². The summed E-state index contributed by atoms with van der Waals surface area (Å²) in [6.45, 7) is 7.82. The van der Waals surface area contributed by atoms with Crippen molar-refractivity contribution in [3.8, 4) is 0 Å². The van der Waals surface area contributed by atoms with E-state index in [9.17, 15) is 4.79 Å². The zero-order valence-corrected chi connectivity index (χ0v) is 14.7. The Bertz CT molecular complexity index is 532. The van der Waals surface area contributed by atoms with Crippen LogP contribution in [0.1, 0.15) is 25.8 Å². The van der Waals surface area contributed by atoms with Crippen molar-refractivity contribution in [3.63, 3.8) is 0 Å². The minimum Gasteiger partial charge on any atom is -0.338 e. The largest absolute Gasteiger partial charge is 0.338 e. The maximum Gasteiger partial charge on any atom is 0.247 e. The van der Waals surface area contributed by atoms with Crippen LogP contribution in [0.25, 0.3) is 0 Å². The van der Waals surface area contributed by atoms with Crippen LogP contribution in [0.4, 0.5) is 0 Å². The fraction of sp³-hybridized carbons (Fsp3) is 0.750. The Morgan fingerprint density at radius 2 is 1.87 bits per heavy atom. The van der Waals surface area contributed by atoms with Crippen molar-refractivity contribution >= 4 is 17.5 Å². The highest BCUT2D eigenvalue weighted by Crippen LogP contribution is 2.19. The van der Waals surface area contributed by atoms with Crippen LogP contribution in [0.15, 0.2) is 12.4 Å². The van der Waals surface area contributed by atoms with Gasteiger partial charge in [-0.2, -0.15) is 5.10 Å². The van der Waals surface area contributed by atoms with Crippen molar-refractivity contribution in [1.29, 1.82) is 0 Å². The molecule has 0 bridgehead atoms. The van der Waals surface area contributed by atoms with Gasteiger partial charge in [0.05, 0.1) is 11.2 Å². The molecule has 0 saturated carbocycles. The Hall–Kier alpha value is -1.11. The molecule has 0 N–H and O–H groups in total. The molecule has 1 aromatic heterocycles. The Morgan fingerprint density at radius 3 is 2.43 bits per heavy atom. The molecule has 0 spiro atoms. The number of hydrogen-bond donors (Lipinski definition) is 0. The van der Waals surface area contributed by atoms with E-state index in [-0.39, 0.29) is 11.9 Å². The number of piperidine rings is 1. The smallest absolute Gasteiger partial charge is 0.247 e. The lowest BCUT2D eigenvalue weighted by molar-refractivity contribution is -0.136. The number of nitrogens with zero attached hydrogens (tertiary/aromatic N) is 5. The molecular formula is C16H26ClN5O. The number of rotatable bonds is 3. The predicted octanol–water partition coefficient (Wildman–Crippen LogP) is 1.34. The molecule has 0 radical (unpaired) electrons. The zero-order chi connectivity index (χ0) is 16.4. The van der Waals surface area contributed by atoms with E-state index in [1.807, 2.05) is 11.8 Å². The number of piperazine rings is 1. The molecule has 2 fully saturated rings. The highest BCUT2D eigenvalue weighted by Gasteiger charge is 2.30. The highest BCUT2D eigenvalue weighted by atomic mass is 35.5. The molecule has 128 valence electrons. The monoisotopic (exact) mass is 339 g/mol. The lowest BCUT2D eigenvalue weighted by Gasteiger charge is -2.42. The average Bonchev–Trinajstić information content (AvgIpc) is 3.01. The molecule has 0 aromatic carbocycles. The van der Waals surface area contributed by atoms with Gasteiger partial charge in [0.15, 0.2) is 0 Å². The van der Waals surface area contributed by atoms with Crippen LogP contribution < -0.4 is 0 Å². The minimum atomic E-state index is -0.294. The Labute approximate surface area is 143 Å². The average molecular weight is 340 g/mol. The molecular weight excluding hydrogens is 314 g/mol. The molecule has 1 atom stereocenters. The van der Waals surface area contributed by atoms with E-state index in [4.69, 9.17) is 11.6 Å². The van der Waals surface area contributed by atoms with Crippen molar-refractivity contribution in [1.82, 2.24) is 24.5 Å². The van der Waals surface area contributed by atoms with Crippen molar-refractivity contribution < 1.29 is 4.79 Å². The SMILES string of the molecule is C[C@@H](C(=O)N1CCN(C2CCN(C)CC2)CC1)n1cc(Cl)cn1. The topological polar surface area (TPSA) is 44.6 Å². The summed E-state index contributed by atoms with van der Waals surface area (Å²) in [6.07, 6.45) is 5.77. The third-order valence-electron chi connectivity index (χ3n) is 5.15. The molecule has 1 aromatic rings. The van der Waals surface area contributed by atoms with E-state index in [1.54, 1.807) is 17.1 Å². The van der Waals surface area contributed by atoms with E-state index in [0.717, 1.165) is 26.2 Å². The van der Waals surface area contributed by atoms with Gasteiger partial charge in [0.1, 0.15) is 6.04 Å². The first-order valence-corrected chi connectivity index (χ1v) is 8.83. The quantitative estimate of drug-likeness (QED) is 0.833. The van der Waals surface area contributed by atoms with Gasteiger partial charge in [-0.1, -0.05) is 11.6 Å². The Balaban J connectivity index is 1.51. The number of aromatic nitrogens is 2. The zero-order valence-electron chi connectivity index (χ0n) is 14.0. The van der Waals surface area contributed by atoms with Crippen LogP contribution >= 0.6 is 11.6 Å². The summed E-state index contributed by atoms with van der Waals surface area (Å²) in [5.41, 5.74) is 0. The second kappa shape index (κ2) is 7.20. The molecule has 2 aliphatic heterocycles. The second-order valence-corrected chi connectivity index (χ2v) is 7.15. The van der Waals surface area contributed by atoms with Gasteiger partial charge in [0.25, 0.3) is 0 Å². The molecule has 6 nitrogen and oxygen atoms in total. The number of carbonyl (C=O) groups is 1. The predicted molar refractivity (Wildman–Crippen MR) is 90.6 cm³/mol. The summed E-state index contributed by atoms with van der Waals surface area (Å²) < 4.78 is 1.65. The summed E-state index contributed by atoms with van der Waals surface area (Å²) in [7, 11) is 2.19. The van der Waals surface area contributed by atoms with Crippen LogP contribution in [-0.4, -0.2) is 82.7 Å². The van der Waals surface area contributed by atoms with Gasteiger partial charge < -0.3 is 9.80 Å². The summed E-state index contributed by atoms with van der Waals surface area (Å²) >= 11 is 5.89. The highest BCUT2D eigenvalue weighted by molar-refractivity contribution is 6.30. The van der Waals surface area contributed by atoms with E-state index in [2.05, 4.69) is 21.9 Å². The van der Waals surface area contributed by atoms with Gasteiger partial charge in [-0.3, -0.25) is 14.4 Å². The molecule has 2 aliphatic rings. The second-order valence-electron chi connectivity index (χ2n) is 6.71. The lowest BCUT2D eigenvalue weighted by atomic mass is 10.0. The maximum atomic E-state index is 12.6. The van der Waals surface area contributed by atoms with Crippen molar-refractivity contribution in [3.05, 3.63) is 17.4 Å². The minimum absolute atomic E-state index is 0.132. The van der Waals surface area contributed by atoms with Gasteiger partial charge >= 0.3 is 0 Å². The molecule has 2 saturated heterocycles. The molecule has 0 unspecified atom stereocenters. The Morgan fingerprint density at radius 1 is 1.22 bits per heavy atom. The first kappa shape index (κ1) is 16.7. The van der Waals surface area contributed by atoms with Crippen molar-refractivity contribution in [2.24, 2.45) is 0 Å². The maximum absolute atomic E-state index is 12.6. The molecule has 1 amide bonds. The summed E-state index contributed by atoms with van der Waals surface area (Å²) in [5, 5.41) is 4.72. The fourth-order valence-corrected chi connectivity index (χ4v) is 3.72. The van der Waals surface area contributed by atoms with Crippen LogP contribution in [0.2, 0.25) is 5.02 Å². The Kier molecular flexibility index (Phi) is 5.24. The lowest BCUT2D eigenvalue weighted by Crippen LogP contribution is -2.54.